The van der Waals surface area contributed by atoms with Crippen molar-refractivity contribution < 1.29 is 17.1 Å². The van der Waals surface area contributed by atoms with Gasteiger partial charge in [0, 0.05) is 0 Å². The molecule has 1 nitrogen and oxygen atoms in total. The van der Waals surface area contributed by atoms with E-state index in [1.54, 1.807) is 0 Å². The zero-order valence-corrected chi connectivity index (χ0v) is 4.76. The van der Waals surface area contributed by atoms with Crippen LogP contribution in [0.3, 0.4) is 0 Å². The summed E-state index contributed by atoms with van der Waals surface area (Å²) in [6.45, 7) is 3.11. The van der Waals surface area contributed by atoms with Crippen LogP contribution in [0.25, 0.3) is 0 Å². The highest BCUT2D eigenvalue weighted by Gasteiger charge is 1.56. The minimum Gasteiger partial charge on any atom is -1.00 e. The molecule has 0 aliphatic carbocycles. The topological polar surface area (TPSA) is 16.6 Å². The summed E-state index contributed by atoms with van der Waals surface area (Å²) >= 11 is 3.80. The van der Waals surface area contributed by atoms with Gasteiger partial charge in [-0.15, -0.1) is 0 Å². The van der Waals surface area contributed by atoms with Gasteiger partial charge in [-0.05, 0) is 6.92 Å². The van der Waals surface area contributed by atoms with Crippen LogP contribution in [0.1, 0.15) is 6.92 Å². The Hall–Kier alpha value is 0.600. The molecule has 0 saturated heterocycles. The Bertz CT molecular complexity index is 11.6. The molecule has 0 fully saturated rings. The Labute approximate surface area is 44.1 Å². The minimum atomic E-state index is 0. The fraction of sp³-hybridized carbons (Fsp3) is 1.00. The lowest BCUT2D eigenvalue weighted by atomic mass is 10.8. The molecule has 0 radical (unpaired) electrons. The molecule has 0 aromatic heterocycles. The maximum absolute atomic E-state index is 3.80. The molecule has 0 heterocycles. The molecule has 0 aromatic rings. The van der Waals surface area contributed by atoms with E-state index in [-0.39, 0.29) is 12.4 Å². The van der Waals surface area contributed by atoms with Gasteiger partial charge in [0.1, 0.15) is 0 Å². The van der Waals surface area contributed by atoms with Crippen molar-refractivity contribution in [1.29, 1.82) is 0 Å². The predicted molar refractivity (Wildman–Crippen MR) is 21.5 cm³/mol. The van der Waals surface area contributed by atoms with E-state index in [0.29, 0.717) is 0 Å². The van der Waals surface area contributed by atoms with Crippen LogP contribution in [0, 0.1) is 0 Å². The van der Waals surface area contributed by atoms with E-state index in [1.807, 2.05) is 11.6 Å². The molecule has 0 rings (SSSR count). The third-order valence-electron chi connectivity index (χ3n) is 0.183. The van der Waals surface area contributed by atoms with E-state index in [2.05, 4.69) is 12.8 Å². The van der Waals surface area contributed by atoms with Gasteiger partial charge < -0.3 is 12.4 Å². The van der Waals surface area contributed by atoms with Crippen molar-refractivity contribution >= 4 is 12.8 Å². The highest BCUT2D eigenvalue weighted by atomic mass is 35.5. The molecule has 0 spiro atoms. The smallest absolute Gasteiger partial charge is 0.0830 e. The summed E-state index contributed by atoms with van der Waals surface area (Å²) in [5.41, 5.74) is 0. The van der Waals surface area contributed by atoms with E-state index in [0.717, 1.165) is 6.54 Å². The minimum absolute atomic E-state index is 0. The number of quaternary nitrogens is 1. The van der Waals surface area contributed by atoms with E-state index in [1.165, 1.54) is 0 Å². The second kappa shape index (κ2) is 8.82. The van der Waals surface area contributed by atoms with Gasteiger partial charge in [-0.25, -0.2) is 0 Å². The second-order valence-corrected chi connectivity index (χ2v) is 0.956. The lowest BCUT2D eigenvalue weighted by Crippen LogP contribution is -3.00. The van der Waals surface area contributed by atoms with Gasteiger partial charge in [-0.2, -0.15) is 0 Å². The Morgan fingerprint density at radius 3 is 2.00 bits per heavy atom. The first kappa shape index (κ1) is 9.14. The molecule has 0 amide bonds. The van der Waals surface area contributed by atoms with Gasteiger partial charge in [0.25, 0.3) is 0 Å². The summed E-state index contributed by atoms with van der Waals surface area (Å²) in [7, 11) is 0. The van der Waals surface area contributed by atoms with Crippen LogP contribution in [-0.4, -0.2) is 6.54 Å². The highest BCUT2D eigenvalue weighted by molar-refractivity contribution is 7.72. The fourth-order valence-corrected chi connectivity index (χ4v) is 0. The van der Waals surface area contributed by atoms with E-state index >= 15 is 0 Å². The normalized spacial score (nSPS) is 6.00. The maximum Gasteiger partial charge on any atom is 0.0830 e. The lowest BCUT2D eigenvalue weighted by Gasteiger charge is -1.70. The van der Waals surface area contributed by atoms with Crippen LogP contribution in [0.2, 0.25) is 0 Å². The lowest BCUT2D eigenvalue weighted by molar-refractivity contribution is -0.470. The molecular weight excluding hydrogens is 106 g/mol. The summed E-state index contributed by atoms with van der Waals surface area (Å²) < 4.78 is 1.82. The molecule has 3 heteroatoms. The summed E-state index contributed by atoms with van der Waals surface area (Å²) in [6.07, 6.45) is 0. The first-order valence-corrected chi connectivity index (χ1v) is 1.89. The van der Waals surface area contributed by atoms with Crippen LogP contribution in [0.15, 0.2) is 0 Å². The number of nitrogens with two attached hydrogens (primary N) is 1. The van der Waals surface area contributed by atoms with Crippen molar-refractivity contribution in [2.75, 3.05) is 6.54 Å². The fourth-order valence-electron chi connectivity index (χ4n) is 0. The number of halogens is 1. The Morgan fingerprint density at radius 1 is 1.80 bits per heavy atom. The third-order valence-corrected chi connectivity index (χ3v) is 0.548. The van der Waals surface area contributed by atoms with Gasteiger partial charge in [0.15, 0.2) is 0 Å². The second-order valence-electron chi connectivity index (χ2n) is 0.591. The van der Waals surface area contributed by atoms with Crippen LogP contribution < -0.4 is 17.1 Å². The molecule has 0 aliphatic heterocycles. The van der Waals surface area contributed by atoms with Crippen LogP contribution in [0.5, 0.6) is 0 Å². The zero-order valence-electron chi connectivity index (χ0n) is 3.11. The predicted octanol–water partition coefficient (Wildman–Crippen LogP) is -3.58. The van der Waals surface area contributed by atoms with Gasteiger partial charge in [0.2, 0.25) is 0 Å². The number of rotatable bonds is 1. The van der Waals surface area contributed by atoms with E-state index < -0.39 is 0 Å². The Balaban J connectivity index is 0. The van der Waals surface area contributed by atoms with Crippen molar-refractivity contribution in [3.8, 4) is 0 Å². The van der Waals surface area contributed by atoms with Crippen LogP contribution in [0.4, 0.5) is 0 Å². The standard InChI is InChI=1S/C2H7NS.ClH/c1-2-3-4;/h3-4H,2H2,1H3;1H. The van der Waals surface area contributed by atoms with Gasteiger partial charge >= 0.3 is 0 Å². The third kappa shape index (κ3) is 12.1. The molecule has 2 N–H and O–H groups in total. The van der Waals surface area contributed by atoms with Gasteiger partial charge in [0.05, 0.1) is 19.4 Å². The SMILES string of the molecule is CC[NH2+]S.[Cl-]. The first-order chi connectivity index (χ1) is 1.91. The van der Waals surface area contributed by atoms with Crippen LogP contribution >= 0.6 is 12.8 Å². The van der Waals surface area contributed by atoms with Gasteiger partial charge in [-0.1, -0.05) is 0 Å². The van der Waals surface area contributed by atoms with Crippen molar-refractivity contribution in [2.45, 2.75) is 6.92 Å². The average molecular weight is 114 g/mol. The van der Waals surface area contributed by atoms with Crippen molar-refractivity contribution in [1.82, 2.24) is 0 Å². The maximum atomic E-state index is 3.80. The molecule has 0 aliphatic rings. The number of hydrogen-bond donors (Lipinski definition) is 2. The van der Waals surface area contributed by atoms with Crippen molar-refractivity contribution in [2.24, 2.45) is 0 Å². The summed E-state index contributed by atoms with van der Waals surface area (Å²) in [4.78, 5) is 0. The monoisotopic (exact) mass is 113 g/mol. The van der Waals surface area contributed by atoms with E-state index in [9.17, 15) is 0 Å². The van der Waals surface area contributed by atoms with E-state index in [4.69, 9.17) is 0 Å². The summed E-state index contributed by atoms with van der Waals surface area (Å²) in [5, 5.41) is 0. The number of hydrogen-bond acceptors (Lipinski definition) is 1. The molecule has 0 atom stereocenters. The Kier molecular flexibility index (Phi) is 16.1. The molecule has 0 bridgehead atoms. The van der Waals surface area contributed by atoms with Crippen molar-refractivity contribution in [3.05, 3.63) is 0 Å². The summed E-state index contributed by atoms with van der Waals surface area (Å²) in [6, 6.07) is 0. The molecular formula is C2H8ClNS. The average Bonchev–Trinajstić information content (AvgIpc) is 1.37. The number of thiol groups is 1. The first-order valence-electron chi connectivity index (χ1n) is 1.37. The molecule has 34 valence electrons. The highest BCUT2D eigenvalue weighted by Crippen LogP contribution is 1.28. The largest absolute Gasteiger partial charge is 1.00 e. The Morgan fingerprint density at radius 2 is 2.00 bits per heavy atom. The molecule has 5 heavy (non-hydrogen) atoms. The van der Waals surface area contributed by atoms with Crippen molar-refractivity contribution in [3.63, 3.8) is 0 Å². The molecule has 0 aromatic carbocycles. The molecule has 0 saturated carbocycles. The van der Waals surface area contributed by atoms with Gasteiger partial charge in [-0.3, -0.25) is 4.72 Å². The zero-order chi connectivity index (χ0) is 3.41. The van der Waals surface area contributed by atoms with Crippen LogP contribution in [-0.2, 0) is 0 Å². The summed E-state index contributed by atoms with van der Waals surface area (Å²) in [5.74, 6) is 0. The molecule has 0 unspecified atom stereocenters. The quantitative estimate of drug-likeness (QED) is 0.328.